The van der Waals surface area contributed by atoms with Gasteiger partial charge in [0.15, 0.2) is 0 Å². The van der Waals surface area contributed by atoms with Crippen LogP contribution >= 0.6 is 11.6 Å². The van der Waals surface area contributed by atoms with Gasteiger partial charge in [0, 0.05) is 16.6 Å². The van der Waals surface area contributed by atoms with Crippen LogP contribution in [0, 0.1) is 18.7 Å². The number of benzene rings is 2. The van der Waals surface area contributed by atoms with Crippen molar-refractivity contribution in [1.82, 2.24) is 0 Å². The highest BCUT2D eigenvalue weighted by molar-refractivity contribution is 6.31. The minimum Gasteiger partial charge on any atom is -0.377 e. The maximum absolute atomic E-state index is 13.2. The molecule has 112 valence electrons. The molecule has 0 saturated heterocycles. The zero-order chi connectivity index (χ0) is 15.3. The Kier molecular flexibility index (Phi) is 3.23. The second-order valence-corrected chi connectivity index (χ2v) is 6.57. The number of halogens is 2. The number of rotatable bonds is 1. The first-order valence-corrected chi connectivity index (χ1v) is 8.00. The van der Waals surface area contributed by atoms with Crippen molar-refractivity contribution < 1.29 is 4.39 Å². The fourth-order valence-electron chi connectivity index (χ4n) is 3.79. The van der Waals surface area contributed by atoms with Gasteiger partial charge in [-0.3, -0.25) is 0 Å². The summed E-state index contributed by atoms with van der Waals surface area (Å²) in [6.07, 6.45) is 5.60. The molecule has 2 aliphatic rings. The smallest absolute Gasteiger partial charge is 0.123 e. The number of fused-ring (bicyclic) bond motifs is 3. The zero-order valence-electron chi connectivity index (χ0n) is 12.3. The molecule has 3 atom stereocenters. The Balaban J connectivity index is 1.82. The van der Waals surface area contributed by atoms with Crippen LogP contribution in [-0.2, 0) is 0 Å². The fraction of sp³-hybridized carbons (Fsp3) is 0.263. The molecule has 0 fully saturated rings. The van der Waals surface area contributed by atoms with Gasteiger partial charge in [0.1, 0.15) is 5.82 Å². The van der Waals surface area contributed by atoms with Gasteiger partial charge in [-0.05, 0) is 54.2 Å². The minimum absolute atomic E-state index is 0.185. The highest BCUT2D eigenvalue weighted by Crippen LogP contribution is 2.51. The SMILES string of the molecule is Cc1c(Cl)ccc2c1N[C@H](c1ccc(F)cc1)[C@@H]1CC=C[C@@H]21. The average molecular weight is 314 g/mol. The lowest BCUT2D eigenvalue weighted by Crippen LogP contribution is -2.29. The molecule has 2 aromatic rings. The molecule has 0 aromatic heterocycles. The maximum Gasteiger partial charge on any atom is 0.123 e. The van der Waals surface area contributed by atoms with E-state index in [0.717, 1.165) is 28.3 Å². The Bertz CT molecular complexity index is 751. The van der Waals surface area contributed by atoms with Crippen molar-refractivity contribution >= 4 is 17.3 Å². The molecule has 0 unspecified atom stereocenters. The molecule has 3 heteroatoms. The Morgan fingerprint density at radius 1 is 1.14 bits per heavy atom. The van der Waals surface area contributed by atoms with Crippen LogP contribution in [0.5, 0.6) is 0 Å². The van der Waals surface area contributed by atoms with Crippen LogP contribution in [0.3, 0.4) is 0 Å². The van der Waals surface area contributed by atoms with Crippen LogP contribution in [0.2, 0.25) is 5.02 Å². The van der Waals surface area contributed by atoms with Crippen molar-refractivity contribution in [3.8, 4) is 0 Å². The van der Waals surface area contributed by atoms with Crippen molar-refractivity contribution in [2.24, 2.45) is 5.92 Å². The molecule has 0 radical (unpaired) electrons. The van der Waals surface area contributed by atoms with Crippen LogP contribution in [0.25, 0.3) is 0 Å². The normalized spacial score (nSPS) is 25.5. The van der Waals surface area contributed by atoms with E-state index in [1.165, 1.54) is 17.7 Å². The van der Waals surface area contributed by atoms with Gasteiger partial charge in [-0.25, -0.2) is 4.39 Å². The summed E-state index contributed by atoms with van der Waals surface area (Å²) in [4.78, 5) is 0. The van der Waals surface area contributed by atoms with Gasteiger partial charge in [0.2, 0.25) is 0 Å². The molecule has 4 rings (SSSR count). The molecule has 1 aliphatic heterocycles. The summed E-state index contributed by atoms with van der Waals surface area (Å²) in [7, 11) is 0. The molecule has 1 heterocycles. The molecular weight excluding hydrogens is 297 g/mol. The van der Waals surface area contributed by atoms with Crippen molar-refractivity contribution in [3.63, 3.8) is 0 Å². The first kappa shape index (κ1) is 13.8. The van der Waals surface area contributed by atoms with Gasteiger partial charge in [-0.1, -0.05) is 42.0 Å². The molecule has 1 nitrogen and oxygen atoms in total. The summed E-state index contributed by atoms with van der Waals surface area (Å²) in [5.74, 6) is 0.682. The third-order valence-electron chi connectivity index (χ3n) is 4.96. The summed E-state index contributed by atoms with van der Waals surface area (Å²) in [5.41, 5.74) is 4.67. The summed E-state index contributed by atoms with van der Waals surface area (Å²) >= 11 is 6.30. The molecule has 22 heavy (non-hydrogen) atoms. The summed E-state index contributed by atoms with van der Waals surface area (Å²) in [5, 5.41) is 4.45. The lowest BCUT2D eigenvalue weighted by Gasteiger charge is -2.38. The van der Waals surface area contributed by atoms with Crippen molar-refractivity contribution in [2.75, 3.05) is 5.32 Å². The Morgan fingerprint density at radius 2 is 1.91 bits per heavy atom. The van der Waals surface area contributed by atoms with E-state index >= 15 is 0 Å². The van der Waals surface area contributed by atoms with Gasteiger partial charge in [-0.15, -0.1) is 0 Å². The number of hydrogen-bond acceptors (Lipinski definition) is 1. The first-order chi connectivity index (χ1) is 10.6. The van der Waals surface area contributed by atoms with E-state index in [1.54, 1.807) is 0 Å². The topological polar surface area (TPSA) is 12.0 Å². The molecule has 0 bridgehead atoms. The van der Waals surface area contributed by atoms with Gasteiger partial charge >= 0.3 is 0 Å². The van der Waals surface area contributed by atoms with E-state index in [-0.39, 0.29) is 11.9 Å². The van der Waals surface area contributed by atoms with Gasteiger partial charge in [0.25, 0.3) is 0 Å². The average Bonchev–Trinajstić information content (AvgIpc) is 3.01. The van der Waals surface area contributed by atoms with Gasteiger partial charge < -0.3 is 5.32 Å². The van der Waals surface area contributed by atoms with E-state index in [2.05, 4.69) is 30.5 Å². The maximum atomic E-state index is 13.2. The van der Waals surface area contributed by atoms with Crippen molar-refractivity contribution in [3.05, 3.63) is 76.1 Å². The highest BCUT2D eigenvalue weighted by Gasteiger charge is 2.38. The van der Waals surface area contributed by atoms with Crippen LogP contribution in [0.15, 0.2) is 48.6 Å². The van der Waals surface area contributed by atoms with Crippen LogP contribution < -0.4 is 5.32 Å². The predicted octanol–water partition coefficient (Wildman–Crippen LogP) is 5.61. The molecule has 0 amide bonds. The monoisotopic (exact) mass is 313 g/mol. The second kappa shape index (κ2) is 5.13. The predicted molar refractivity (Wildman–Crippen MR) is 88.9 cm³/mol. The lowest BCUT2D eigenvalue weighted by molar-refractivity contribution is 0.425. The number of nitrogens with one attached hydrogen (secondary N) is 1. The van der Waals surface area contributed by atoms with Crippen molar-refractivity contribution in [1.29, 1.82) is 0 Å². The summed E-state index contributed by atoms with van der Waals surface area (Å²) in [6.45, 7) is 2.05. The van der Waals surface area contributed by atoms with E-state index in [1.807, 2.05) is 18.2 Å². The molecule has 1 N–H and O–H groups in total. The standard InChI is InChI=1S/C19H17ClFN/c1-11-17(20)10-9-16-14-3-2-4-15(14)19(22-18(11)16)12-5-7-13(21)8-6-12/h2-3,5-10,14-15,19,22H,4H2,1H3/t14-,15-,19-/m1/s1. The van der Waals surface area contributed by atoms with E-state index in [9.17, 15) is 4.39 Å². The molecule has 0 saturated carbocycles. The molecular formula is C19H17ClFN. The first-order valence-electron chi connectivity index (χ1n) is 7.63. The second-order valence-electron chi connectivity index (χ2n) is 6.16. The Morgan fingerprint density at radius 3 is 2.68 bits per heavy atom. The Hall–Kier alpha value is -1.80. The summed E-state index contributed by atoms with van der Waals surface area (Å²) in [6, 6.07) is 11.1. The number of anilines is 1. The fourth-order valence-corrected chi connectivity index (χ4v) is 3.95. The zero-order valence-corrected chi connectivity index (χ0v) is 13.1. The quantitative estimate of drug-likeness (QED) is 0.674. The van der Waals surface area contributed by atoms with Crippen molar-refractivity contribution in [2.45, 2.75) is 25.3 Å². The number of hydrogen-bond donors (Lipinski definition) is 1. The third-order valence-corrected chi connectivity index (χ3v) is 5.37. The van der Waals surface area contributed by atoms with Gasteiger partial charge in [0.05, 0.1) is 6.04 Å². The Labute approximate surface area is 134 Å². The van der Waals surface area contributed by atoms with Gasteiger partial charge in [-0.2, -0.15) is 0 Å². The van der Waals surface area contributed by atoms with Crippen LogP contribution in [0.1, 0.15) is 35.1 Å². The highest BCUT2D eigenvalue weighted by atomic mass is 35.5. The van der Waals surface area contributed by atoms with E-state index < -0.39 is 0 Å². The molecule has 2 aromatic carbocycles. The van der Waals surface area contributed by atoms with E-state index in [4.69, 9.17) is 11.6 Å². The summed E-state index contributed by atoms with van der Waals surface area (Å²) < 4.78 is 13.2. The lowest BCUT2D eigenvalue weighted by atomic mass is 9.76. The third kappa shape index (κ3) is 2.05. The minimum atomic E-state index is -0.194. The number of allylic oxidation sites excluding steroid dienone is 2. The van der Waals surface area contributed by atoms with Crippen LogP contribution in [-0.4, -0.2) is 0 Å². The van der Waals surface area contributed by atoms with E-state index in [0.29, 0.717) is 11.8 Å². The van der Waals surface area contributed by atoms with Crippen LogP contribution in [0.4, 0.5) is 10.1 Å². The molecule has 0 spiro atoms. The molecule has 1 aliphatic carbocycles. The largest absolute Gasteiger partial charge is 0.377 e.